The molecule has 1 aromatic heterocycles. The monoisotopic (exact) mass is 407 g/mol. The van der Waals surface area contributed by atoms with Gasteiger partial charge in [-0.05, 0) is 19.5 Å². The summed E-state index contributed by atoms with van der Waals surface area (Å²) in [5.41, 5.74) is 3.24. The van der Waals surface area contributed by atoms with E-state index in [2.05, 4.69) is 23.0 Å². The van der Waals surface area contributed by atoms with Crippen LogP contribution >= 0.6 is 0 Å². The van der Waals surface area contributed by atoms with E-state index in [1.54, 1.807) is 0 Å². The average molecular weight is 407 g/mol. The van der Waals surface area contributed by atoms with Gasteiger partial charge < -0.3 is 4.90 Å². The van der Waals surface area contributed by atoms with E-state index >= 15 is 0 Å². The van der Waals surface area contributed by atoms with Gasteiger partial charge >= 0.3 is 0 Å². The molecule has 0 saturated carbocycles. The minimum atomic E-state index is 0. The Morgan fingerprint density at radius 1 is 1.24 bits per heavy atom. The second-order valence-corrected chi connectivity index (χ2v) is 4.09. The summed E-state index contributed by atoms with van der Waals surface area (Å²) in [6.07, 6.45) is 0. The minimum absolute atomic E-state index is 0. The molecule has 2 rings (SSSR count). The van der Waals surface area contributed by atoms with E-state index in [9.17, 15) is 0 Å². The van der Waals surface area contributed by atoms with Crippen LogP contribution in [0.15, 0.2) is 24.3 Å². The molecule has 2 aromatic rings. The smallest absolute Gasteiger partial charge is 0.132 e. The third-order valence-corrected chi connectivity index (χ3v) is 2.67. The van der Waals surface area contributed by atoms with Gasteiger partial charge in [-0.25, -0.2) is 4.68 Å². The third-order valence-electron chi connectivity index (χ3n) is 2.67. The van der Waals surface area contributed by atoms with Crippen LogP contribution in [0.4, 0.5) is 5.82 Å². The molecule has 3 nitrogen and oxygen atoms in total. The van der Waals surface area contributed by atoms with Crippen LogP contribution in [0, 0.1) is 19.9 Å². The van der Waals surface area contributed by atoms with Crippen molar-refractivity contribution in [1.82, 2.24) is 9.78 Å². The molecule has 1 radical (unpaired) electrons. The SMILES string of the molecule is Cc1nn(-c2[c-]cccc2)c(N(C)C)c1C.[Ir]. The maximum atomic E-state index is 4.55. The van der Waals surface area contributed by atoms with Crippen LogP contribution in [0.5, 0.6) is 0 Å². The number of aryl methyl sites for hydroxylation is 1. The van der Waals surface area contributed by atoms with E-state index in [0.717, 1.165) is 17.2 Å². The topological polar surface area (TPSA) is 21.1 Å². The number of para-hydroxylation sites is 1. The standard InChI is InChI=1S/C13H16N3.Ir/c1-10-11(2)14-16(13(10)15(3)4)12-8-6-5-7-9-12;/h5-8H,1-4H3;/q-1;. The van der Waals surface area contributed by atoms with E-state index < -0.39 is 0 Å². The molecule has 0 N–H and O–H groups in total. The molecule has 0 saturated heterocycles. The van der Waals surface area contributed by atoms with Crippen LogP contribution in [-0.2, 0) is 20.1 Å². The Balaban J connectivity index is 0.00000144. The zero-order valence-electron chi connectivity index (χ0n) is 10.5. The van der Waals surface area contributed by atoms with Crippen LogP contribution in [0.2, 0.25) is 0 Å². The van der Waals surface area contributed by atoms with Gasteiger partial charge in [0.1, 0.15) is 5.82 Å². The molecule has 1 heterocycles. The molecule has 1 aromatic carbocycles. The number of hydrogen-bond acceptors (Lipinski definition) is 2. The Hall–Kier alpha value is -1.12. The third kappa shape index (κ3) is 2.59. The quantitative estimate of drug-likeness (QED) is 0.714. The van der Waals surface area contributed by atoms with E-state index in [-0.39, 0.29) is 20.1 Å². The van der Waals surface area contributed by atoms with Crippen molar-refractivity contribution < 1.29 is 20.1 Å². The molecule has 0 atom stereocenters. The van der Waals surface area contributed by atoms with Crippen molar-refractivity contribution in [1.29, 1.82) is 0 Å². The van der Waals surface area contributed by atoms with E-state index in [1.807, 2.05) is 50.0 Å². The Morgan fingerprint density at radius 2 is 1.94 bits per heavy atom. The molecule has 0 fully saturated rings. The van der Waals surface area contributed by atoms with Gasteiger partial charge in [0.2, 0.25) is 0 Å². The number of rotatable bonds is 2. The predicted octanol–water partition coefficient (Wildman–Crippen LogP) is 2.35. The van der Waals surface area contributed by atoms with Crippen LogP contribution in [0.3, 0.4) is 0 Å². The van der Waals surface area contributed by atoms with Crippen molar-refractivity contribution in [3.8, 4) is 5.69 Å². The van der Waals surface area contributed by atoms with Crippen molar-refractivity contribution in [2.75, 3.05) is 19.0 Å². The Morgan fingerprint density at radius 3 is 2.47 bits per heavy atom. The summed E-state index contributed by atoms with van der Waals surface area (Å²) in [4.78, 5) is 2.08. The Kier molecular flexibility index (Phi) is 4.49. The number of benzene rings is 1. The summed E-state index contributed by atoms with van der Waals surface area (Å²) < 4.78 is 1.94. The first-order valence-corrected chi connectivity index (χ1v) is 5.32. The summed E-state index contributed by atoms with van der Waals surface area (Å²) >= 11 is 0. The molecule has 0 aliphatic heterocycles. The normalized spacial score (nSPS) is 9.88. The zero-order valence-corrected chi connectivity index (χ0v) is 12.9. The maximum absolute atomic E-state index is 4.55. The maximum Gasteiger partial charge on any atom is 0.132 e. The molecule has 0 aliphatic rings. The van der Waals surface area contributed by atoms with Gasteiger partial charge in [-0.3, -0.25) is 0 Å². The van der Waals surface area contributed by atoms with E-state index in [1.165, 1.54) is 5.56 Å². The summed E-state index contributed by atoms with van der Waals surface area (Å²) in [5.74, 6) is 1.11. The molecule has 93 valence electrons. The molecule has 0 amide bonds. The van der Waals surface area contributed by atoms with Crippen molar-refractivity contribution >= 4 is 5.82 Å². The van der Waals surface area contributed by atoms with E-state index in [0.29, 0.717) is 0 Å². The van der Waals surface area contributed by atoms with Gasteiger partial charge in [0, 0.05) is 39.8 Å². The van der Waals surface area contributed by atoms with Gasteiger partial charge in [0.25, 0.3) is 0 Å². The second kappa shape index (κ2) is 5.48. The fraction of sp³-hybridized carbons (Fsp3) is 0.308. The molecule has 0 bridgehead atoms. The zero-order chi connectivity index (χ0) is 11.7. The number of nitrogens with zero attached hydrogens (tertiary/aromatic N) is 3. The first-order chi connectivity index (χ1) is 7.61. The molecule has 0 spiro atoms. The van der Waals surface area contributed by atoms with Crippen LogP contribution in [0.25, 0.3) is 5.69 Å². The fourth-order valence-corrected chi connectivity index (χ4v) is 1.80. The first kappa shape index (κ1) is 13.9. The van der Waals surface area contributed by atoms with Crippen molar-refractivity contribution in [2.24, 2.45) is 0 Å². The van der Waals surface area contributed by atoms with Crippen molar-refractivity contribution in [3.05, 3.63) is 41.6 Å². The fourth-order valence-electron chi connectivity index (χ4n) is 1.80. The van der Waals surface area contributed by atoms with Crippen molar-refractivity contribution in [3.63, 3.8) is 0 Å². The summed E-state index contributed by atoms with van der Waals surface area (Å²) in [5, 5.41) is 4.55. The van der Waals surface area contributed by atoms with Gasteiger partial charge in [-0.15, -0.1) is 6.07 Å². The predicted molar refractivity (Wildman–Crippen MR) is 66.2 cm³/mol. The molecule has 0 aliphatic carbocycles. The molecular formula is C13H16IrN3-. The minimum Gasteiger partial charge on any atom is -0.362 e. The van der Waals surface area contributed by atoms with Gasteiger partial charge in [-0.1, -0.05) is 0 Å². The second-order valence-electron chi connectivity index (χ2n) is 4.09. The molecule has 0 unspecified atom stereocenters. The summed E-state index contributed by atoms with van der Waals surface area (Å²) in [7, 11) is 4.06. The van der Waals surface area contributed by atoms with Crippen molar-refractivity contribution in [2.45, 2.75) is 13.8 Å². The Bertz CT molecular complexity index is 489. The summed E-state index contributed by atoms with van der Waals surface area (Å²) in [6.45, 7) is 4.12. The first-order valence-electron chi connectivity index (χ1n) is 5.32. The van der Waals surface area contributed by atoms with Crippen LogP contribution < -0.4 is 4.90 Å². The molecular weight excluding hydrogens is 390 g/mol. The number of aromatic nitrogens is 2. The molecule has 4 heteroatoms. The number of anilines is 1. The van der Waals surface area contributed by atoms with Crippen LogP contribution in [-0.4, -0.2) is 23.9 Å². The molecule has 17 heavy (non-hydrogen) atoms. The number of hydrogen-bond donors (Lipinski definition) is 0. The average Bonchev–Trinajstić information content (AvgIpc) is 2.57. The van der Waals surface area contributed by atoms with Gasteiger partial charge in [0.15, 0.2) is 0 Å². The largest absolute Gasteiger partial charge is 0.362 e. The van der Waals surface area contributed by atoms with Gasteiger partial charge in [-0.2, -0.15) is 29.4 Å². The summed E-state index contributed by atoms with van der Waals surface area (Å²) in [6, 6.07) is 11.1. The Labute approximate surface area is 116 Å². The van der Waals surface area contributed by atoms with Crippen LogP contribution in [0.1, 0.15) is 11.3 Å². The van der Waals surface area contributed by atoms with E-state index in [4.69, 9.17) is 0 Å². The van der Waals surface area contributed by atoms with Gasteiger partial charge in [0.05, 0.1) is 5.69 Å².